The maximum atomic E-state index is 11.1. The van der Waals surface area contributed by atoms with Crippen LogP contribution in [0.15, 0.2) is 0 Å². The molecule has 1 aliphatic rings. The molecular weight excluding hydrogens is 130 g/mol. The summed E-state index contributed by atoms with van der Waals surface area (Å²) in [5, 5.41) is 11.0. The molecule has 0 aromatic heterocycles. The van der Waals surface area contributed by atoms with E-state index in [-0.39, 0.29) is 10.8 Å². The lowest BCUT2D eigenvalue weighted by Gasteiger charge is -2.34. The van der Waals surface area contributed by atoms with E-state index in [2.05, 4.69) is 4.84 Å². The van der Waals surface area contributed by atoms with E-state index in [0.717, 1.165) is 0 Å². The third kappa shape index (κ3) is 1.31. The molecule has 1 atom stereocenters. The average Bonchev–Trinajstić information content (AvgIpc) is 2.66. The van der Waals surface area contributed by atoms with Gasteiger partial charge in [0.05, 0.1) is 7.11 Å². The largest absolute Gasteiger partial charge is 0.599 e. The molecule has 1 N–H and O–H groups in total. The summed E-state index contributed by atoms with van der Waals surface area (Å²) < 4.78 is 0. The summed E-state index contributed by atoms with van der Waals surface area (Å²) in [6.07, 6.45) is 2.37. The van der Waals surface area contributed by atoms with Gasteiger partial charge in [0.2, 0.25) is 0 Å². The maximum Gasteiger partial charge on any atom is 0.124 e. The molecule has 0 aromatic rings. The number of nitrogens with one attached hydrogen (secondary N) is 1. The first kappa shape index (κ1) is 7.98. The smallest absolute Gasteiger partial charge is 0.124 e. The van der Waals surface area contributed by atoms with Crippen LogP contribution in [-0.4, -0.2) is 12.6 Å². The third-order valence-corrected chi connectivity index (χ3v) is 2.31. The van der Waals surface area contributed by atoms with E-state index in [4.69, 9.17) is 0 Å². The zero-order chi connectivity index (χ0) is 7.78. The van der Waals surface area contributed by atoms with Gasteiger partial charge in [0.15, 0.2) is 0 Å². The molecule has 3 heteroatoms. The van der Waals surface area contributed by atoms with Crippen molar-refractivity contribution < 1.29 is 10.1 Å². The van der Waals surface area contributed by atoms with Gasteiger partial charge in [-0.2, -0.15) is 0 Å². The predicted octanol–water partition coefficient (Wildman–Crippen LogP) is 0.119. The Labute approximate surface area is 61.5 Å². The second-order valence-electron chi connectivity index (χ2n) is 3.49. The highest BCUT2D eigenvalue weighted by molar-refractivity contribution is 4.87. The Morgan fingerprint density at radius 1 is 1.50 bits per heavy atom. The summed E-state index contributed by atoms with van der Waals surface area (Å²) in [5.41, 5.74) is -0.241. The maximum absolute atomic E-state index is 11.1. The first-order chi connectivity index (χ1) is 4.59. The molecule has 1 saturated carbocycles. The van der Waals surface area contributed by atoms with Crippen LogP contribution in [0, 0.1) is 11.1 Å². The fourth-order valence-electron chi connectivity index (χ4n) is 1.23. The average molecular weight is 145 g/mol. The first-order valence-electron chi connectivity index (χ1n) is 3.67. The Morgan fingerprint density at radius 2 is 2.00 bits per heavy atom. The van der Waals surface area contributed by atoms with Crippen molar-refractivity contribution in [3.05, 3.63) is 5.21 Å². The van der Waals surface area contributed by atoms with E-state index in [1.165, 1.54) is 20.0 Å². The fraction of sp³-hybridized carbons (Fsp3) is 1.00. The van der Waals surface area contributed by atoms with Crippen LogP contribution >= 0.6 is 0 Å². The van der Waals surface area contributed by atoms with Crippen LogP contribution in [0.2, 0.25) is 0 Å². The standard InChI is InChI=1S/C7H15NO2/c1-7(2,6-4-5-6)8(9)10-3/h6,8H,4-5H2,1-3H3. The molecule has 0 bridgehead atoms. The molecule has 0 spiro atoms. The molecule has 3 nitrogen and oxygen atoms in total. The second kappa shape index (κ2) is 2.49. The molecule has 1 aliphatic carbocycles. The van der Waals surface area contributed by atoms with E-state index >= 15 is 0 Å². The van der Waals surface area contributed by atoms with Gasteiger partial charge < -0.3 is 5.21 Å². The monoisotopic (exact) mass is 145 g/mol. The summed E-state index contributed by atoms with van der Waals surface area (Å²) in [6, 6.07) is 0. The zero-order valence-corrected chi connectivity index (χ0v) is 6.81. The summed E-state index contributed by atoms with van der Waals surface area (Å²) in [7, 11) is 1.45. The number of rotatable bonds is 3. The molecule has 1 rings (SSSR count). The molecule has 0 aromatic carbocycles. The van der Waals surface area contributed by atoms with Gasteiger partial charge in [0, 0.05) is 5.92 Å². The van der Waals surface area contributed by atoms with Gasteiger partial charge in [0.1, 0.15) is 5.54 Å². The van der Waals surface area contributed by atoms with Crippen molar-refractivity contribution in [3.63, 3.8) is 0 Å². The molecule has 0 amide bonds. The SMILES string of the molecule is CO[NH+]([O-])C(C)(C)C1CC1. The topological polar surface area (TPSA) is 36.7 Å². The molecule has 0 radical (unpaired) electrons. The Bertz CT molecular complexity index is 121. The minimum absolute atomic E-state index is 0.0741. The Hall–Kier alpha value is -0.120. The highest BCUT2D eigenvalue weighted by Crippen LogP contribution is 2.37. The van der Waals surface area contributed by atoms with Crippen LogP contribution in [0.3, 0.4) is 0 Å². The van der Waals surface area contributed by atoms with Crippen molar-refractivity contribution >= 4 is 0 Å². The van der Waals surface area contributed by atoms with Crippen LogP contribution in [-0.2, 0) is 4.84 Å². The van der Waals surface area contributed by atoms with E-state index in [0.29, 0.717) is 5.92 Å². The molecule has 0 saturated heterocycles. The lowest BCUT2D eigenvalue weighted by atomic mass is 10.0. The lowest BCUT2D eigenvalue weighted by molar-refractivity contribution is -1.09. The van der Waals surface area contributed by atoms with Gasteiger partial charge in [-0.1, -0.05) is 0 Å². The van der Waals surface area contributed by atoms with Crippen molar-refractivity contribution in [2.75, 3.05) is 7.11 Å². The summed E-state index contributed by atoms with van der Waals surface area (Å²) in [4.78, 5) is 4.68. The van der Waals surface area contributed by atoms with Crippen molar-refractivity contribution in [1.82, 2.24) is 0 Å². The summed E-state index contributed by atoms with van der Waals surface area (Å²) >= 11 is 0. The summed E-state index contributed by atoms with van der Waals surface area (Å²) in [6.45, 7) is 3.91. The number of hydrogen-bond acceptors (Lipinski definition) is 2. The molecule has 1 unspecified atom stereocenters. The van der Waals surface area contributed by atoms with Crippen molar-refractivity contribution in [3.8, 4) is 0 Å². The molecule has 0 aliphatic heterocycles. The van der Waals surface area contributed by atoms with Crippen molar-refractivity contribution in [1.29, 1.82) is 0 Å². The number of quaternary nitrogens is 1. The van der Waals surface area contributed by atoms with E-state index < -0.39 is 0 Å². The molecule has 10 heavy (non-hydrogen) atoms. The molecule has 1 fully saturated rings. The minimum atomic E-state index is -0.241. The van der Waals surface area contributed by atoms with E-state index in [1.54, 1.807) is 0 Å². The third-order valence-electron chi connectivity index (χ3n) is 2.31. The fourth-order valence-corrected chi connectivity index (χ4v) is 1.23. The van der Waals surface area contributed by atoms with Crippen LogP contribution < -0.4 is 5.23 Å². The lowest BCUT2D eigenvalue weighted by Crippen LogP contribution is -3.14. The normalized spacial score (nSPS) is 22.8. The minimum Gasteiger partial charge on any atom is -0.599 e. The highest BCUT2D eigenvalue weighted by atomic mass is 16.9. The van der Waals surface area contributed by atoms with Crippen LogP contribution in [0.4, 0.5) is 0 Å². The quantitative estimate of drug-likeness (QED) is 0.573. The van der Waals surface area contributed by atoms with Crippen molar-refractivity contribution in [2.45, 2.75) is 32.2 Å². The zero-order valence-electron chi connectivity index (χ0n) is 6.81. The summed E-state index contributed by atoms with van der Waals surface area (Å²) in [5.74, 6) is 0.569. The highest BCUT2D eigenvalue weighted by Gasteiger charge is 2.43. The van der Waals surface area contributed by atoms with Crippen LogP contribution in [0.5, 0.6) is 0 Å². The number of hydrogen-bond donors (Lipinski definition) is 1. The van der Waals surface area contributed by atoms with Gasteiger partial charge >= 0.3 is 0 Å². The molecular formula is C7H15NO2. The van der Waals surface area contributed by atoms with Gasteiger partial charge in [-0.15, -0.1) is 0 Å². The van der Waals surface area contributed by atoms with Gasteiger partial charge in [-0.25, -0.2) is 10.1 Å². The Morgan fingerprint density at radius 3 is 2.30 bits per heavy atom. The van der Waals surface area contributed by atoms with Crippen LogP contribution in [0.1, 0.15) is 26.7 Å². The Kier molecular flexibility index (Phi) is 1.99. The second-order valence-corrected chi connectivity index (χ2v) is 3.49. The Balaban J connectivity index is 2.47. The van der Waals surface area contributed by atoms with E-state index in [1.807, 2.05) is 13.8 Å². The van der Waals surface area contributed by atoms with Gasteiger partial charge in [-0.05, 0) is 26.7 Å². The first-order valence-corrected chi connectivity index (χ1v) is 3.67. The number of hydroxylamine groups is 2. The predicted molar refractivity (Wildman–Crippen MR) is 38.1 cm³/mol. The van der Waals surface area contributed by atoms with E-state index in [9.17, 15) is 5.21 Å². The van der Waals surface area contributed by atoms with Gasteiger partial charge in [0.25, 0.3) is 0 Å². The van der Waals surface area contributed by atoms with Gasteiger partial charge in [-0.3, -0.25) is 0 Å². The van der Waals surface area contributed by atoms with Crippen LogP contribution in [0.25, 0.3) is 0 Å². The molecule has 60 valence electrons. The molecule has 0 heterocycles. The van der Waals surface area contributed by atoms with Crippen molar-refractivity contribution in [2.24, 2.45) is 5.92 Å².